The Kier molecular flexibility index (Phi) is 4.73. The molecule has 0 amide bonds. The summed E-state index contributed by atoms with van der Waals surface area (Å²) < 4.78 is 0. The van der Waals surface area contributed by atoms with Crippen molar-refractivity contribution in [1.82, 2.24) is 4.98 Å². The standard InChI is InChI=1S/C16H26N/c1-6-10-16(5,11-7-2)15(3,4)14-8-12-17-13-9-14/h8-9,12-13H,5-7,10-11H2,1-4H3. The third-order valence-electron chi connectivity index (χ3n) is 4.18. The summed E-state index contributed by atoms with van der Waals surface area (Å²) in [4.78, 5) is 4.11. The Balaban J connectivity index is 3.08. The first-order chi connectivity index (χ1) is 7.98. The third-order valence-corrected chi connectivity index (χ3v) is 4.18. The Morgan fingerprint density at radius 1 is 1.06 bits per heavy atom. The Bertz CT molecular complexity index is 321. The van der Waals surface area contributed by atoms with Crippen LogP contribution in [-0.4, -0.2) is 4.98 Å². The van der Waals surface area contributed by atoms with Gasteiger partial charge in [-0.15, -0.1) is 0 Å². The molecule has 0 aliphatic rings. The van der Waals surface area contributed by atoms with Crippen molar-refractivity contribution in [3.8, 4) is 0 Å². The van der Waals surface area contributed by atoms with Gasteiger partial charge in [-0.05, 0) is 48.3 Å². The second-order valence-electron chi connectivity index (χ2n) is 5.64. The molecule has 1 heteroatoms. The molecule has 0 aliphatic carbocycles. The van der Waals surface area contributed by atoms with Crippen LogP contribution in [0.15, 0.2) is 24.5 Å². The van der Waals surface area contributed by atoms with E-state index in [0.717, 1.165) is 0 Å². The molecule has 0 fully saturated rings. The van der Waals surface area contributed by atoms with E-state index in [2.05, 4.69) is 51.7 Å². The number of nitrogens with zero attached hydrogens (tertiary/aromatic N) is 1. The fourth-order valence-electron chi connectivity index (χ4n) is 2.78. The molecule has 1 rings (SSSR count). The van der Waals surface area contributed by atoms with Gasteiger partial charge in [-0.3, -0.25) is 4.98 Å². The molecule has 1 aromatic rings. The molecule has 0 unspecified atom stereocenters. The lowest BCUT2D eigenvalue weighted by Crippen LogP contribution is -2.39. The molecule has 0 aliphatic heterocycles. The highest BCUT2D eigenvalue weighted by atomic mass is 14.6. The van der Waals surface area contributed by atoms with Gasteiger partial charge in [0.15, 0.2) is 0 Å². The fourth-order valence-corrected chi connectivity index (χ4v) is 2.78. The minimum absolute atomic E-state index is 0.0992. The monoisotopic (exact) mass is 232 g/mol. The van der Waals surface area contributed by atoms with E-state index >= 15 is 0 Å². The van der Waals surface area contributed by atoms with Gasteiger partial charge in [-0.1, -0.05) is 40.5 Å². The quantitative estimate of drug-likeness (QED) is 0.688. The maximum Gasteiger partial charge on any atom is 0.0270 e. The molecule has 0 bridgehead atoms. The topological polar surface area (TPSA) is 12.9 Å². The summed E-state index contributed by atoms with van der Waals surface area (Å²) in [6.45, 7) is 13.7. The van der Waals surface area contributed by atoms with Gasteiger partial charge in [0, 0.05) is 12.4 Å². The van der Waals surface area contributed by atoms with Gasteiger partial charge < -0.3 is 0 Å². The molecule has 0 spiro atoms. The first kappa shape index (κ1) is 14.2. The molecule has 0 atom stereocenters. The lowest BCUT2D eigenvalue weighted by Gasteiger charge is -2.45. The van der Waals surface area contributed by atoms with Crippen LogP contribution in [0.2, 0.25) is 0 Å². The lowest BCUT2D eigenvalue weighted by atomic mass is 9.59. The van der Waals surface area contributed by atoms with Crippen LogP contribution in [0, 0.1) is 12.3 Å². The molecule has 0 saturated carbocycles. The minimum Gasteiger partial charge on any atom is -0.265 e. The van der Waals surface area contributed by atoms with Crippen molar-refractivity contribution in [2.75, 3.05) is 0 Å². The highest BCUT2D eigenvalue weighted by molar-refractivity contribution is 5.25. The average molecular weight is 232 g/mol. The van der Waals surface area contributed by atoms with Gasteiger partial charge in [0.25, 0.3) is 0 Å². The third kappa shape index (κ3) is 2.88. The Morgan fingerprint density at radius 3 is 1.94 bits per heavy atom. The zero-order valence-electron chi connectivity index (χ0n) is 11.8. The van der Waals surface area contributed by atoms with E-state index in [4.69, 9.17) is 0 Å². The summed E-state index contributed by atoms with van der Waals surface area (Å²) in [5.74, 6) is 0. The molecule has 1 heterocycles. The van der Waals surface area contributed by atoms with E-state index < -0.39 is 0 Å². The summed E-state index contributed by atoms with van der Waals surface area (Å²) >= 11 is 0. The zero-order chi connectivity index (χ0) is 12.9. The van der Waals surface area contributed by atoms with Gasteiger partial charge in [0.05, 0.1) is 0 Å². The first-order valence-corrected chi connectivity index (χ1v) is 6.74. The van der Waals surface area contributed by atoms with Crippen LogP contribution in [0.4, 0.5) is 0 Å². The van der Waals surface area contributed by atoms with Gasteiger partial charge >= 0.3 is 0 Å². The summed E-state index contributed by atoms with van der Waals surface area (Å²) in [6.07, 6.45) is 8.51. The Labute approximate surface area is 107 Å². The summed E-state index contributed by atoms with van der Waals surface area (Å²) in [5, 5.41) is 0. The van der Waals surface area contributed by atoms with Crippen LogP contribution >= 0.6 is 0 Å². The molecule has 1 radical (unpaired) electrons. The van der Waals surface area contributed by atoms with E-state index in [1.54, 1.807) is 0 Å². The molecule has 0 saturated heterocycles. The van der Waals surface area contributed by atoms with E-state index in [0.29, 0.717) is 0 Å². The second-order valence-corrected chi connectivity index (χ2v) is 5.64. The van der Waals surface area contributed by atoms with E-state index in [-0.39, 0.29) is 10.8 Å². The maximum atomic E-state index is 4.58. The molecule has 95 valence electrons. The molecular formula is C16H26N. The highest BCUT2D eigenvalue weighted by Gasteiger charge is 2.40. The van der Waals surface area contributed by atoms with Gasteiger partial charge in [-0.2, -0.15) is 0 Å². The van der Waals surface area contributed by atoms with Crippen LogP contribution in [0.5, 0.6) is 0 Å². The molecule has 1 aromatic heterocycles. The summed E-state index contributed by atoms with van der Waals surface area (Å²) in [6, 6.07) is 4.26. The normalized spacial score (nSPS) is 12.8. The van der Waals surface area contributed by atoms with Crippen molar-refractivity contribution in [3.63, 3.8) is 0 Å². The molecular weight excluding hydrogens is 206 g/mol. The minimum atomic E-state index is 0.0992. The molecule has 1 nitrogen and oxygen atoms in total. The number of aromatic nitrogens is 1. The average Bonchev–Trinajstić information content (AvgIpc) is 2.30. The maximum absolute atomic E-state index is 4.58. The molecule has 0 aromatic carbocycles. The SMILES string of the molecule is [CH2]C(CCC)(CCC)C(C)(C)c1ccncc1. The van der Waals surface area contributed by atoms with E-state index in [1.807, 2.05) is 12.4 Å². The van der Waals surface area contributed by atoms with Crippen molar-refractivity contribution in [2.45, 2.75) is 58.8 Å². The largest absolute Gasteiger partial charge is 0.265 e. The smallest absolute Gasteiger partial charge is 0.0270 e. The highest BCUT2D eigenvalue weighted by Crippen LogP contribution is 2.47. The Hall–Kier alpha value is -0.850. The molecule has 0 N–H and O–H groups in total. The van der Waals surface area contributed by atoms with E-state index in [1.165, 1.54) is 31.2 Å². The number of hydrogen-bond donors (Lipinski definition) is 0. The summed E-state index contributed by atoms with van der Waals surface area (Å²) in [5.41, 5.74) is 1.57. The predicted molar refractivity (Wildman–Crippen MR) is 74.9 cm³/mol. The van der Waals surface area contributed by atoms with Crippen molar-refractivity contribution in [2.24, 2.45) is 5.41 Å². The van der Waals surface area contributed by atoms with Gasteiger partial charge in [-0.25, -0.2) is 0 Å². The second kappa shape index (κ2) is 5.66. The summed E-state index contributed by atoms with van der Waals surface area (Å²) in [7, 11) is 0. The zero-order valence-corrected chi connectivity index (χ0v) is 11.8. The molecule has 17 heavy (non-hydrogen) atoms. The first-order valence-electron chi connectivity index (χ1n) is 6.74. The van der Waals surface area contributed by atoms with Crippen molar-refractivity contribution < 1.29 is 0 Å². The van der Waals surface area contributed by atoms with Crippen LogP contribution in [0.1, 0.15) is 58.9 Å². The van der Waals surface area contributed by atoms with Crippen LogP contribution in [0.3, 0.4) is 0 Å². The number of rotatable bonds is 6. The van der Waals surface area contributed by atoms with Crippen molar-refractivity contribution in [1.29, 1.82) is 0 Å². The Morgan fingerprint density at radius 2 is 1.53 bits per heavy atom. The lowest BCUT2D eigenvalue weighted by molar-refractivity contribution is 0.171. The van der Waals surface area contributed by atoms with Crippen LogP contribution < -0.4 is 0 Å². The van der Waals surface area contributed by atoms with E-state index in [9.17, 15) is 0 Å². The fraction of sp³-hybridized carbons (Fsp3) is 0.625. The number of hydrogen-bond acceptors (Lipinski definition) is 1. The van der Waals surface area contributed by atoms with Crippen molar-refractivity contribution in [3.05, 3.63) is 37.0 Å². The van der Waals surface area contributed by atoms with Crippen LogP contribution in [0.25, 0.3) is 0 Å². The number of pyridine rings is 1. The van der Waals surface area contributed by atoms with Crippen molar-refractivity contribution >= 4 is 0 Å². The predicted octanol–water partition coefficient (Wildman–Crippen LogP) is 4.78. The van der Waals surface area contributed by atoms with Gasteiger partial charge in [0.1, 0.15) is 0 Å². The van der Waals surface area contributed by atoms with Crippen LogP contribution in [-0.2, 0) is 5.41 Å². The van der Waals surface area contributed by atoms with Gasteiger partial charge in [0.2, 0.25) is 0 Å².